The standard InChI is InChI=1S/C19H30N2O3/c1-5-15-13-23-16(11-10-14-8-6-7-9-17(14)20)12-21(15)18(22)24-19(2,3)4/h6-9,15-16H,5,10-13,20H2,1-4H3/t15-,16-/m1/s1. The molecule has 1 heterocycles. The number of benzene rings is 1. The number of hydrogen-bond donors (Lipinski definition) is 1. The minimum Gasteiger partial charge on any atom is -0.444 e. The van der Waals surface area contributed by atoms with E-state index < -0.39 is 5.60 Å². The molecule has 5 heteroatoms. The summed E-state index contributed by atoms with van der Waals surface area (Å²) in [5, 5.41) is 0. The summed E-state index contributed by atoms with van der Waals surface area (Å²) in [7, 11) is 0. The lowest BCUT2D eigenvalue weighted by atomic mass is 10.0. The molecule has 24 heavy (non-hydrogen) atoms. The van der Waals surface area contributed by atoms with Gasteiger partial charge in [0.1, 0.15) is 5.60 Å². The minimum atomic E-state index is -0.484. The van der Waals surface area contributed by atoms with Gasteiger partial charge in [-0.25, -0.2) is 4.79 Å². The van der Waals surface area contributed by atoms with Gasteiger partial charge in [-0.15, -0.1) is 0 Å². The second-order valence-corrected chi connectivity index (χ2v) is 7.39. The third-order valence-electron chi connectivity index (χ3n) is 4.26. The minimum absolute atomic E-state index is 0.0138. The molecule has 2 N–H and O–H groups in total. The number of nitrogens with zero attached hydrogens (tertiary/aromatic N) is 1. The Labute approximate surface area is 145 Å². The van der Waals surface area contributed by atoms with Crippen molar-refractivity contribution in [2.45, 2.75) is 64.7 Å². The van der Waals surface area contributed by atoms with E-state index in [9.17, 15) is 4.79 Å². The van der Waals surface area contributed by atoms with Crippen molar-refractivity contribution in [3.63, 3.8) is 0 Å². The normalized spacial score (nSPS) is 21.6. The van der Waals surface area contributed by atoms with Gasteiger partial charge in [0.2, 0.25) is 0 Å². The smallest absolute Gasteiger partial charge is 0.410 e. The van der Waals surface area contributed by atoms with E-state index in [1.165, 1.54) is 0 Å². The number of nitrogens with two attached hydrogens (primary N) is 1. The summed E-state index contributed by atoms with van der Waals surface area (Å²) in [6, 6.07) is 7.97. The second-order valence-electron chi connectivity index (χ2n) is 7.39. The maximum atomic E-state index is 12.5. The molecule has 1 saturated heterocycles. The lowest BCUT2D eigenvalue weighted by Gasteiger charge is -2.40. The van der Waals surface area contributed by atoms with Crippen LogP contribution in [0.4, 0.5) is 10.5 Å². The molecule has 2 rings (SSSR count). The van der Waals surface area contributed by atoms with Gasteiger partial charge in [0.25, 0.3) is 0 Å². The molecular weight excluding hydrogens is 304 g/mol. The van der Waals surface area contributed by atoms with Gasteiger partial charge >= 0.3 is 6.09 Å². The quantitative estimate of drug-likeness (QED) is 0.854. The van der Waals surface area contributed by atoms with Gasteiger partial charge in [-0.2, -0.15) is 0 Å². The average Bonchev–Trinajstić information content (AvgIpc) is 2.52. The fourth-order valence-corrected chi connectivity index (χ4v) is 2.89. The van der Waals surface area contributed by atoms with Crippen molar-refractivity contribution < 1.29 is 14.3 Å². The van der Waals surface area contributed by atoms with Crippen LogP contribution in [0.2, 0.25) is 0 Å². The summed E-state index contributed by atoms with van der Waals surface area (Å²) in [5.74, 6) is 0. The van der Waals surface area contributed by atoms with Gasteiger partial charge in [0, 0.05) is 5.69 Å². The van der Waals surface area contributed by atoms with Crippen molar-refractivity contribution in [1.82, 2.24) is 4.90 Å². The maximum absolute atomic E-state index is 12.5. The van der Waals surface area contributed by atoms with Crippen molar-refractivity contribution in [3.8, 4) is 0 Å². The molecule has 0 unspecified atom stereocenters. The van der Waals surface area contributed by atoms with E-state index in [1.807, 2.05) is 49.9 Å². The van der Waals surface area contributed by atoms with E-state index in [-0.39, 0.29) is 18.2 Å². The van der Waals surface area contributed by atoms with E-state index in [4.69, 9.17) is 15.2 Å². The highest BCUT2D eigenvalue weighted by atomic mass is 16.6. The highest BCUT2D eigenvalue weighted by Gasteiger charge is 2.33. The highest BCUT2D eigenvalue weighted by Crippen LogP contribution is 2.22. The number of nitrogen functional groups attached to an aromatic ring is 1. The molecule has 134 valence electrons. The van der Waals surface area contributed by atoms with Crippen LogP contribution in [0.1, 0.15) is 46.1 Å². The summed E-state index contributed by atoms with van der Waals surface area (Å²) >= 11 is 0. The van der Waals surface area contributed by atoms with Crippen LogP contribution >= 0.6 is 0 Å². The lowest BCUT2D eigenvalue weighted by Crippen LogP contribution is -2.53. The molecule has 2 atom stereocenters. The van der Waals surface area contributed by atoms with Crippen LogP contribution in [-0.4, -0.2) is 41.9 Å². The third kappa shape index (κ3) is 5.13. The Morgan fingerprint density at radius 1 is 1.38 bits per heavy atom. The topological polar surface area (TPSA) is 64.8 Å². The van der Waals surface area contributed by atoms with Crippen molar-refractivity contribution in [1.29, 1.82) is 0 Å². The maximum Gasteiger partial charge on any atom is 0.410 e. The van der Waals surface area contributed by atoms with Crippen LogP contribution in [0.5, 0.6) is 0 Å². The number of carbonyl (C=O) groups is 1. The van der Waals surface area contributed by atoms with Crippen LogP contribution in [0.15, 0.2) is 24.3 Å². The molecule has 1 amide bonds. The Morgan fingerprint density at radius 2 is 2.08 bits per heavy atom. The van der Waals surface area contributed by atoms with E-state index >= 15 is 0 Å². The Balaban J connectivity index is 1.96. The number of para-hydroxylation sites is 1. The Kier molecular flexibility index (Phi) is 6.10. The molecular formula is C19H30N2O3. The number of amides is 1. The van der Waals surface area contributed by atoms with E-state index in [0.29, 0.717) is 13.2 Å². The summed E-state index contributed by atoms with van der Waals surface area (Å²) in [6.07, 6.45) is 2.31. The monoisotopic (exact) mass is 334 g/mol. The van der Waals surface area contributed by atoms with Gasteiger partial charge in [0.05, 0.1) is 25.3 Å². The summed E-state index contributed by atoms with van der Waals surface area (Å²) < 4.78 is 11.5. The number of aryl methyl sites for hydroxylation is 1. The van der Waals surface area contributed by atoms with E-state index in [1.54, 1.807) is 0 Å². The molecule has 1 aromatic rings. The molecule has 1 aromatic carbocycles. The first-order chi connectivity index (χ1) is 11.3. The third-order valence-corrected chi connectivity index (χ3v) is 4.26. The first kappa shape index (κ1) is 18.6. The van der Waals surface area contributed by atoms with Crippen LogP contribution in [-0.2, 0) is 15.9 Å². The molecule has 5 nitrogen and oxygen atoms in total. The predicted molar refractivity (Wildman–Crippen MR) is 95.9 cm³/mol. The summed E-state index contributed by atoms with van der Waals surface area (Å²) in [6.45, 7) is 8.87. The SMILES string of the molecule is CC[C@@H]1CO[C@H](CCc2ccccc2N)CN1C(=O)OC(C)(C)C. The first-order valence-electron chi connectivity index (χ1n) is 8.74. The number of morpholine rings is 1. The fourth-order valence-electron chi connectivity index (χ4n) is 2.89. The zero-order valence-corrected chi connectivity index (χ0v) is 15.2. The van der Waals surface area contributed by atoms with Crippen molar-refractivity contribution in [3.05, 3.63) is 29.8 Å². The molecule has 0 bridgehead atoms. The van der Waals surface area contributed by atoms with Gasteiger partial charge in [0.15, 0.2) is 0 Å². The van der Waals surface area contributed by atoms with Gasteiger partial charge in [-0.05, 0) is 51.7 Å². The molecule has 0 radical (unpaired) electrons. The molecule has 1 fully saturated rings. The molecule has 0 saturated carbocycles. The first-order valence-corrected chi connectivity index (χ1v) is 8.74. The zero-order chi connectivity index (χ0) is 17.7. The van der Waals surface area contributed by atoms with Crippen LogP contribution in [0, 0.1) is 0 Å². The molecule has 1 aliphatic rings. The number of rotatable bonds is 4. The molecule has 0 aliphatic carbocycles. The van der Waals surface area contributed by atoms with Crippen molar-refractivity contribution in [2.24, 2.45) is 0 Å². The Morgan fingerprint density at radius 3 is 2.71 bits per heavy atom. The summed E-state index contributed by atoms with van der Waals surface area (Å²) in [4.78, 5) is 14.3. The molecule has 0 aromatic heterocycles. The zero-order valence-electron chi connectivity index (χ0n) is 15.2. The number of ether oxygens (including phenoxy) is 2. The van der Waals surface area contributed by atoms with Crippen molar-refractivity contribution >= 4 is 11.8 Å². The second kappa shape index (κ2) is 7.88. The van der Waals surface area contributed by atoms with Crippen LogP contribution < -0.4 is 5.73 Å². The molecule has 0 spiro atoms. The predicted octanol–water partition coefficient (Wildman–Crippen LogP) is 3.62. The summed E-state index contributed by atoms with van der Waals surface area (Å²) in [5.41, 5.74) is 7.45. The van der Waals surface area contributed by atoms with Gasteiger partial charge in [-0.3, -0.25) is 0 Å². The highest BCUT2D eigenvalue weighted by molar-refractivity contribution is 5.68. The largest absolute Gasteiger partial charge is 0.444 e. The van der Waals surface area contributed by atoms with Crippen LogP contribution in [0.3, 0.4) is 0 Å². The van der Waals surface area contributed by atoms with E-state index in [2.05, 4.69) is 6.92 Å². The van der Waals surface area contributed by atoms with Gasteiger partial charge < -0.3 is 20.1 Å². The fraction of sp³-hybridized carbons (Fsp3) is 0.632. The number of anilines is 1. The van der Waals surface area contributed by atoms with Crippen molar-refractivity contribution in [2.75, 3.05) is 18.9 Å². The number of hydrogen-bond acceptors (Lipinski definition) is 4. The molecule has 1 aliphatic heterocycles. The van der Waals surface area contributed by atoms with E-state index in [0.717, 1.165) is 30.5 Å². The average molecular weight is 334 g/mol. The Bertz CT molecular complexity index is 554. The van der Waals surface area contributed by atoms with Crippen LogP contribution in [0.25, 0.3) is 0 Å². The van der Waals surface area contributed by atoms with Gasteiger partial charge in [-0.1, -0.05) is 25.1 Å². The Hall–Kier alpha value is -1.75. The number of carbonyl (C=O) groups excluding carboxylic acids is 1. The lowest BCUT2D eigenvalue weighted by molar-refractivity contribution is -0.0723.